The smallest absolute Gasteiger partial charge is 0.305 e. The second kappa shape index (κ2) is 5.84. The zero-order valence-corrected chi connectivity index (χ0v) is 10.9. The van der Waals surface area contributed by atoms with Gasteiger partial charge in [-0.25, -0.2) is 0 Å². The maximum Gasteiger partial charge on any atom is 0.305 e. The van der Waals surface area contributed by atoms with Gasteiger partial charge in [-0.15, -0.1) is 0 Å². The number of quaternary nitrogens is 1. The van der Waals surface area contributed by atoms with E-state index in [0.717, 1.165) is 0 Å². The number of rotatable bonds is 6. The van der Waals surface area contributed by atoms with E-state index in [9.17, 15) is 9.59 Å². The lowest BCUT2D eigenvalue weighted by atomic mass is 10.1. The number of hydrogen-bond acceptors (Lipinski definition) is 2. The number of carbonyl (C=O) groups excluding carboxylic acids is 1. The van der Waals surface area contributed by atoms with Gasteiger partial charge >= 0.3 is 5.97 Å². The van der Waals surface area contributed by atoms with Crippen LogP contribution in [0.15, 0.2) is 0 Å². The Balaban J connectivity index is 4.76. The lowest BCUT2D eigenvalue weighted by Gasteiger charge is -2.34. The second-order valence-corrected chi connectivity index (χ2v) is 5.03. The van der Waals surface area contributed by atoms with E-state index in [1.165, 1.54) is 6.92 Å². The standard InChI is InChI=1S/C11H22N2O3/c1-6-12(9(2)14)10(7-11(15)16)8-13(3,4)5/h10H,6-8H2,1-5H3/p+1. The predicted molar refractivity (Wildman–Crippen MR) is 62.0 cm³/mol. The summed E-state index contributed by atoms with van der Waals surface area (Å²) in [5, 5.41) is 8.86. The molecule has 94 valence electrons. The first-order valence-corrected chi connectivity index (χ1v) is 5.46. The van der Waals surface area contributed by atoms with Crippen molar-refractivity contribution in [3.8, 4) is 0 Å². The minimum absolute atomic E-state index is 0.00292. The van der Waals surface area contributed by atoms with Crippen LogP contribution in [0.3, 0.4) is 0 Å². The molecule has 0 radical (unpaired) electrons. The molecule has 1 amide bonds. The van der Waals surface area contributed by atoms with E-state index in [1.807, 2.05) is 28.1 Å². The molecule has 0 rings (SSSR count). The van der Waals surface area contributed by atoms with Gasteiger partial charge < -0.3 is 14.5 Å². The molecule has 1 atom stereocenters. The first kappa shape index (κ1) is 14.9. The van der Waals surface area contributed by atoms with Crippen LogP contribution in [-0.2, 0) is 9.59 Å². The quantitative estimate of drug-likeness (QED) is 0.673. The van der Waals surface area contributed by atoms with Gasteiger partial charge in [-0.3, -0.25) is 9.59 Å². The molecule has 5 heteroatoms. The maximum absolute atomic E-state index is 11.4. The van der Waals surface area contributed by atoms with Crippen LogP contribution < -0.4 is 0 Å². The van der Waals surface area contributed by atoms with E-state index in [4.69, 9.17) is 5.11 Å². The third-order valence-electron chi connectivity index (χ3n) is 2.35. The van der Waals surface area contributed by atoms with Gasteiger partial charge in [0.2, 0.25) is 5.91 Å². The van der Waals surface area contributed by atoms with Crippen LogP contribution in [0.25, 0.3) is 0 Å². The van der Waals surface area contributed by atoms with Crippen molar-refractivity contribution in [1.29, 1.82) is 0 Å². The van der Waals surface area contributed by atoms with E-state index in [0.29, 0.717) is 17.6 Å². The minimum atomic E-state index is -0.863. The second-order valence-electron chi connectivity index (χ2n) is 5.03. The number of likely N-dealkylation sites (N-methyl/N-ethyl adjacent to an activating group) is 2. The topological polar surface area (TPSA) is 57.6 Å². The summed E-state index contributed by atoms with van der Waals surface area (Å²) in [7, 11) is 5.97. The molecule has 0 aliphatic carbocycles. The molecule has 0 saturated carbocycles. The van der Waals surface area contributed by atoms with Crippen molar-refractivity contribution in [2.24, 2.45) is 0 Å². The summed E-state index contributed by atoms with van der Waals surface area (Å²) in [6.07, 6.45) is 0.00292. The Labute approximate surface area is 97.2 Å². The largest absolute Gasteiger partial charge is 0.481 e. The molecule has 16 heavy (non-hydrogen) atoms. The molecule has 0 fully saturated rings. The predicted octanol–water partition coefficient (Wildman–Crippen LogP) is 0.404. The lowest BCUT2D eigenvalue weighted by molar-refractivity contribution is -0.872. The zero-order chi connectivity index (χ0) is 12.9. The van der Waals surface area contributed by atoms with Crippen molar-refractivity contribution in [2.75, 3.05) is 34.2 Å². The third-order valence-corrected chi connectivity index (χ3v) is 2.35. The van der Waals surface area contributed by atoms with Crippen molar-refractivity contribution < 1.29 is 19.2 Å². The Morgan fingerprint density at radius 2 is 1.81 bits per heavy atom. The Hall–Kier alpha value is -1.10. The fourth-order valence-corrected chi connectivity index (χ4v) is 1.85. The molecule has 0 bridgehead atoms. The van der Waals surface area contributed by atoms with Crippen molar-refractivity contribution in [3.05, 3.63) is 0 Å². The van der Waals surface area contributed by atoms with E-state index in [2.05, 4.69) is 0 Å². The van der Waals surface area contributed by atoms with Gasteiger partial charge in [0, 0.05) is 13.5 Å². The van der Waals surface area contributed by atoms with E-state index >= 15 is 0 Å². The highest BCUT2D eigenvalue weighted by molar-refractivity contribution is 5.75. The van der Waals surface area contributed by atoms with Gasteiger partial charge in [0.25, 0.3) is 0 Å². The molecule has 0 spiro atoms. The van der Waals surface area contributed by atoms with Crippen molar-refractivity contribution in [2.45, 2.75) is 26.3 Å². The van der Waals surface area contributed by atoms with Gasteiger partial charge in [0.15, 0.2) is 0 Å². The van der Waals surface area contributed by atoms with E-state index < -0.39 is 5.97 Å². The third kappa shape index (κ3) is 5.70. The van der Waals surface area contributed by atoms with Crippen LogP contribution in [0.1, 0.15) is 20.3 Å². The molecule has 0 heterocycles. The number of carboxylic acids is 1. The van der Waals surface area contributed by atoms with Crippen LogP contribution in [0.4, 0.5) is 0 Å². The van der Waals surface area contributed by atoms with Gasteiger partial charge in [0.1, 0.15) is 0 Å². The van der Waals surface area contributed by atoms with Crippen molar-refractivity contribution >= 4 is 11.9 Å². The maximum atomic E-state index is 11.4. The summed E-state index contributed by atoms with van der Waals surface area (Å²) in [6.45, 7) is 4.53. The average Bonchev–Trinajstić information content (AvgIpc) is 1.99. The molecule has 0 aromatic rings. The van der Waals surface area contributed by atoms with Crippen LogP contribution in [-0.4, -0.2) is 66.6 Å². The van der Waals surface area contributed by atoms with Crippen LogP contribution in [0.5, 0.6) is 0 Å². The number of carboxylic acid groups (broad SMARTS) is 1. The molecule has 0 aliphatic heterocycles. The molecule has 1 unspecified atom stereocenters. The molecule has 0 aliphatic rings. The fourth-order valence-electron chi connectivity index (χ4n) is 1.85. The highest BCUT2D eigenvalue weighted by Crippen LogP contribution is 2.09. The van der Waals surface area contributed by atoms with Crippen LogP contribution in [0.2, 0.25) is 0 Å². The first-order chi connectivity index (χ1) is 7.17. The summed E-state index contributed by atoms with van der Waals surface area (Å²) in [6, 6.07) is -0.236. The Kier molecular flexibility index (Phi) is 5.44. The normalized spacial score (nSPS) is 13.3. The average molecular weight is 231 g/mol. The summed E-state index contributed by atoms with van der Waals surface area (Å²) >= 11 is 0. The summed E-state index contributed by atoms with van der Waals surface area (Å²) in [4.78, 5) is 23.8. The molecular weight excluding hydrogens is 208 g/mol. The van der Waals surface area contributed by atoms with Gasteiger partial charge in [-0.2, -0.15) is 0 Å². The summed E-state index contributed by atoms with van der Waals surface area (Å²) < 4.78 is 0.641. The number of aliphatic carboxylic acids is 1. The highest BCUT2D eigenvalue weighted by Gasteiger charge is 2.27. The summed E-state index contributed by atoms with van der Waals surface area (Å²) in [5.41, 5.74) is 0. The highest BCUT2D eigenvalue weighted by atomic mass is 16.4. The molecule has 0 aromatic carbocycles. The molecule has 1 N–H and O–H groups in total. The molecule has 5 nitrogen and oxygen atoms in total. The molecule has 0 saturated heterocycles. The van der Waals surface area contributed by atoms with Gasteiger partial charge in [0.05, 0.1) is 40.2 Å². The zero-order valence-electron chi connectivity index (χ0n) is 10.9. The van der Waals surface area contributed by atoms with Crippen LogP contribution in [0, 0.1) is 0 Å². The Morgan fingerprint density at radius 1 is 1.31 bits per heavy atom. The number of amides is 1. The first-order valence-electron chi connectivity index (χ1n) is 5.46. The Bertz CT molecular complexity index is 258. The number of hydrogen-bond donors (Lipinski definition) is 1. The van der Waals surface area contributed by atoms with E-state index in [1.54, 1.807) is 4.90 Å². The number of nitrogens with zero attached hydrogens (tertiary/aromatic N) is 2. The fraction of sp³-hybridized carbons (Fsp3) is 0.818. The van der Waals surface area contributed by atoms with Gasteiger partial charge in [-0.1, -0.05) is 0 Å². The SMILES string of the molecule is CCN(C(C)=O)C(CC(=O)O)C[N+](C)(C)C. The number of carbonyl (C=O) groups is 2. The lowest BCUT2D eigenvalue weighted by Crippen LogP contribution is -2.51. The van der Waals surface area contributed by atoms with E-state index in [-0.39, 0.29) is 18.4 Å². The molecule has 0 aromatic heterocycles. The minimum Gasteiger partial charge on any atom is -0.481 e. The van der Waals surface area contributed by atoms with Crippen LogP contribution >= 0.6 is 0 Å². The van der Waals surface area contributed by atoms with Crippen molar-refractivity contribution in [1.82, 2.24) is 4.90 Å². The Morgan fingerprint density at radius 3 is 2.06 bits per heavy atom. The molecular formula is C11H23N2O3+. The van der Waals surface area contributed by atoms with Crippen molar-refractivity contribution in [3.63, 3.8) is 0 Å². The summed E-state index contributed by atoms with van der Waals surface area (Å²) in [5.74, 6) is -0.930. The van der Waals surface area contributed by atoms with Gasteiger partial charge in [-0.05, 0) is 6.92 Å². The monoisotopic (exact) mass is 231 g/mol.